The Bertz CT molecular complexity index is 866. The molecule has 5 nitrogen and oxygen atoms in total. The Morgan fingerprint density at radius 3 is 2.56 bits per heavy atom. The van der Waals surface area contributed by atoms with Gasteiger partial charge >= 0.3 is 0 Å². The average molecular weight is 397 g/mol. The highest BCUT2D eigenvalue weighted by Gasteiger charge is 2.08. The van der Waals surface area contributed by atoms with Crippen molar-refractivity contribution in [2.45, 2.75) is 13.5 Å². The Hall–Kier alpha value is -2.73. The maximum atomic E-state index is 12.1. The Kier molecular flexibility index (Phi) is 5.40. The molecule has 0 aliphatic rings. The fourth-order valence-electron chi connectivity index (χ4n) is 2.28. The highest BCUT2D eigenvalue weighted by atomic mass is 79.9. The van der Waals surface area contributed by atoms with E-state index >= 15 is 0 Å². The number of benzene rings is 2. The smallest absolute Gasteiger partial charge is 0.271 e. The summed E-state index contributed by atoms with van der Waals surface area (Å²) >= 11 is 3.44. The summed E-state index contributed by atoms with van der Waals surface area (Å²) in [5.41, 5.74) is 3.35. The quantitative estimate of drug-likeness (QED) is 0.677. The van der Waals surface area contributed by atoms with Crippen LogP contribution in [0.2, 0.25) is 0 Å². The molecule has 1 amide bonds. The number of hydrogen-bond acceptors (Lipinski definition) is 4. The minimum atomic E-state index is -0.247. The number of hydrogen-bond donors (Lipinski definition) is 2. The van der Waals surface area contributed by atoms with Gasteiger partial charge in [0.05, 0.1) is 12.4 Å². The van der Waals surface area contributed by atoms with E-state index in [1.807, 2.05) is 55.5 Å². The van der Waals surface area contributed by atoms with Gasteiger partial charge in [-0.1, -0.05) is 46.3 Å². The lowest BCUT2D eigenvalue weighted by Gasteiger charge is -2.09. The molecule has 1 heterocycles. The lowest BCUT2D eigenvalue weighted by Crippen LogP contribution is -2.24. The van der Waals surface area contributed by atoms with E-state index in [1.54, 1.807) is 6.20 Å². The fraction of sp³-hybridized carbons (Fsp3) is 0.105. The average Bonchev–Trinajstić information content (AvgIpc) is 2.63. The summed E-state index contributed by atoms with van der Waals surface area (Å²) in [5.74, 6) is 0.341. The second-order valence-corrected chi connectivity index (χ2v) is 6.46. The van der Waals surface area contributed by atoms with Crippen LogP contribution in [0.5, 0.6) is 0 Å². The number of aromatic nitrogens is 2. The first kappa shape index (κ1) is 17.1. The van der Waals surface area contributed by atoms with Crippen molar-refractivity contribution in [3.63, 3.8) is 0 Å². The molecule has 126 valence electrons. The highest BCUT2D eigenvalue weighted by Crippen LogP contribution is 2.22. The fourth-order valence-corrected chi connectivity index (χ4v) is 2.76. The third-order valence-electron chi connectivity index (χ3n) is 3.63. The molecular weight excluding hydrogens is 380 g/mol. The third-order valence-corrected chi connectivity index (χ3v) is 4.12. The van der Waals surface area contributed by atoms with Gasteiger partial charge in [-0.25, -0.2) is 9.97 Å². The van der Waals surface area contributed by atoms with Crippen LogP contribution < -0.4 is 10.6 Å². The van der Waals surface area contributed by atoms with Gasteiger partial charge in [-0.2, -0.15) is 0 Å². The summed E-state index contributed by atoms with van der Waals surface area (Å²) < 4.78 is 1.02. The summed E-state index contributed by atoms with van der Waals surface area (Å²) in [4.78, 5) is 20.6. The van der Waals surface area contributed by atoms with E-state index in [1.165, 1.54) is 6.20 Å². The van der Waals surface area contributed by atoms with E-state index in [0.29, 0.717) is 12.4 Å². The van der Waals surface area contributed by atoms with Gasteiger partial charge in [0, 0.05) is 16.7 Å². The zero-order valence-corrected chi connectivity index (χ0v) is 15.2. The first-order valence-corrected chi connectivity index (χ1v) is 8.58. The van der Waals surface area contributed by atoms with Gasteiger partial charge in [-0.3, -0.25) is 4.79 Å². The number of amides is 1. The highest BCUT2D eigenvalue weighted by molar-refractivity contribution is 9.10. The van der Waals surface area contributed by atoms with Crippen LogP contribution in [-0.2, 0) is 6.54 Å². The zero-order chi connectivity index (χ0) is 17.6. The van der Waals surface area contributed by atoms with Crippen LogP contribution in [0.3, 0.4) is 0 Å². The van der Waals surface area contributed by atoms with E-state index < -0.39 is 0 Å². The van der Waals surface area contributed by atoms with Gasteiger partial charge < -0.3 is 10.6 Å². The van der Waals surface area contributed by atoms with Crippen LogP contribution in [-0.4, -0.2) is 15.9 Å². The summed E-state index contributed by atoms with van der Waals surface area (Å²) in [6.07, 6.45) is 3.02. The predicted octanol–water partition coefficient (Wildman–Crippen LogP) is 4.22. The number of nitrogens with zero attached hydrogens (tertiary/aromatic N) is 2. The largest absolute Gasteiger partial charge is 0.347 e. The summed E-state index contributed by atoms with van der Waals surface area (Å²) in [5, 5.41) is 6.03. The maximum Gasteiger partial charge on any atom is 0.271 e. The molecule has 0 saturated carbocycles. The molecule has 2 N–H and O–H groups in total. The van der Waals surface area contributed by atoms with E-state index in [0.717, 1.165) is 21.3 Å². The molecule has 0 atom stereocenters. The molecule has 0 bridgehead atoms. The lowest BCUT2D eigenvalue weighted by molar-refractivity contribution is 0.0945. The van der Waals surface area contributed by atoms with Crippen molar-refractivity contribution in [2.24, 2.45) is 0 Å². The number of halogens is 1. The molecule has 0 aliphatic heterocycles. The van der Waals surface area contributed by atoms with Crippen molar-refractivity contribution in [3.8, 4) is 0 Å². The third kappa shape index (κ3) is 4.64. The van der Waals surface area contributed by atoms with E-state index in [2.05, 4.69) is 36.5 Å². The van der Waals surface area contributed by atoms with Crippen molar-refractivity contribution in [1.29, 1.82) is 0 Å². The molecule has 25 heavy (non-hydrogen) atoms. The normalized spacial score (nSPS) is 10.3. The van der Waals surface area contributed by atoms with Crippen LogP contribution in [0, 0.1) is 6.92 Å². The standard InChI is InChI=1S/C19H17BrN4O/c1-13-9-15(20)7-8-16(13)24-18-12-21-17(11-22-18)19(25)23-10-14-5-3-2-4-6-14/h2-9,11-12H,10H2,1H3,(H,22,24)(H,23,25). The Balaban J connectivity index is 1.62. The molecule has 3 aromatic rings. The molecule has 0 unspecified atom stereocenters. The topological polar surface area (TPSA) is 66.9 Å². The second kappa shape index (κ2) is 7.90. The molecule has 0 radical (unpaired) electrons. The van der Waals surface area contributed by atoms with Crippen LogP contribution >= 0.6 is 15.9 Å². The number of rotatable bonds is 5. The molecule has 2 aromatic carbocycles. The number of anilines is 2. The number of nitrogens with one attached hydrogen (secondary N) is 2. The Morgan fingerprint density at radius 2 is 1.88 bits per heavy atom. The van der Waals surface area contributed by atoms with Gasteiger partial charge in [-0.05, 0) is 36.2 Å². The molecule has 0 aliphatic carbocycles. The van der Waals surface area contributed by atoms with Gasteiger partial charge in [0.15, 0.2) is 0 Å². The number of carbonyl (C=O) groups is 1. The second-order valence-electron chi connectivity index (χ2n) is 5.54. The van der Waals surface area contributed by atoms with E-state index in [-0.39, 0.29) is 11.6 Å². The molecule has 1 aromatic heterocycles. The summed E-state index contributed by atoms with van der Waals surface area (Å²) in [6.45, 7) is 2.46. The van der Waals surface area contributed by atoms with E-state index in [4.69, 9.17) is 0 Å². The first-order chi connectivity index (χ1) is 12.1. The van der Waals surface area contributed by atoms with Gasteiger partial charge in [0.1, 0.15) is 11.5 Å². The zero-order valence-electron chi connectivity index (χ0n) is 13.7. The maximum absolute atomic E-state index is 12.1. The predicted molar refractivity (Wildman–Crippen MR) is 102 cm³/mol. The van der Waals surface area contributed by atoms with Crippen LogP contribution in [0.25, 0.3) is 0 Å². The molecule has 0 fully saturated rings. The summed E-state index contributed by atoms with van der Waals surface area (Å²) in [7, 11) is 0. The molecule has 3 rings (SSSR count). The van der Waals surface area contributed by atoms with Crippen molar-refractivity contribution < 1.29 is 4.79 Å². The molecule has 0 saturated heterocycles. The SMILES string of the molecule is Cc1cc(Br)ccc1Nc1cnc(C(=O)NCc2ccccc2)cn1. The minimum Gasteiger partial charge on any atom is -0.347 e. The molecule has 0 spiro atoms. The number of aryl methyl sites for hydroxylation is 1. The monoisotopic (exact) mass is 396 g/mol. The van der Waals surface area contributed by atoms with Crippen LogP contribution in [0.4, 0.5) is 11.5 Å². The van der Waals surface area contributed by atoms with E-state index in [9.17, 15) is 4.79 Å². The van der Waals surface area contributed by atoms with Gasteiger partial charge in [0.2, 0.25) is 0 Å². The summed E-state index contributed by atoms with van der Waals surface area (Å²) in [6, 6.07) is 15.7. The first-order valence-electron chi connectivity index (χ1n) is 7.79. The Labute approximate surface area is 154 Å². The molecular formula is C19H17BrN4O. The van der Waals surface area contributed by atoms with Crippen LogP contribution in [0.15, 0.2) is 65.4 Å². The van der Waals surface area contributed by atoms with Crippen molar-refractivity contribution in [3.05, 3.63) is 82.2 Å². The molecule has 6 heteroatoms. The van der Waals surface area contributed by atoms with Gasteiger partial charge in [0.25, 0.3) is 5.91 Å². The minimum absolute atomic E-state index is 0.247. The van der Waals surface area contributed by atoms with Gasteiger partial charge in [-0.15, -0.1) is 0 Å². The number of carbonyl (C=O) groups excluding carboxylic acids is 1. The van der Waals surface area contributed by atoms with Crippen molar-refractivity contribution in [2.75, 3.05) is 5.32 Å². The van der Waals surface area contributed by atoms with Crippen LogP contribution in [0.1, 0.15) is 21.6 Å². The van der Waals surface area contributed by atoms with Crippen molar-refractivity contribution >= 4 is 33.3 Å². The lowest BCUT2D eigenvalue weighted by atomic mass is 10.2. The Morgan fingerprint density at radius 1 is 1.08 bits per heavy atom. The van der Waals surface area contributed by atoms with Crippen molar-refractivity contribution in [1.82, 2.24) is 15.3 Å².